The number of methoxy groups -OCH3 is 1. The zero-order chi connectivity index (χ0) is 18.4. The Labute approximate surface area is 155 Å². The third-order valence-electron chi connectivity index (χ3n) is 3.48. The Hall–Kier alpha value is -2.34. The Kier molecular flexibility index (Phi) is 6.58. The van der Waals surface area contributed by atoms with Crippen LogP contribution in [0.5, 0.6) is 11.5 Å². The lowest BCUT2D eigenvalue weighted by Gasteiger charge is -2.13. The topological polar surface area (TPSA) is 61.8 Å². The van der Waals surface area contributed by atoms with Gasteiger partial charge in [-0.2, -0.15) is 0 Å². The second kappa shape index (κ2) is 8.67. The third kappa shape index (κ3) is 5.32. The minimum atomic E-state index is -0.897. The van der Waals surface area contributed by atoms with E-state index in [0.717, 1.165) is 10.0 Å². The number of halogens is 1. The summed E-state index contributed by atoms with van der Waals surface area (Å²) in [5, 5.41) is 0. The molecular formula is C19H19BrO5. The summed E-state index contributed by atoms with van der Waals surface area (Å²) in [6.45, 7) is 3.21. The first kappa shape index (κ1) is 19.0. The lowest BCUT2D eigenvalue weighted by molar-refractivity contribution is -0.148. The smallest absolute Gasteiger partial charge is 0.344 e. The molecule has 2 aromatic carbocycles. The normalized spacial score (nSPS) is 11.5. The van der Waals surface area contributed by atoms with Crippen molar-refractivity contribution in [3.05, 3.63) is 58.1 Å². The van der Waals surface area contributed by atoms with Crippen LogP contribution in [-0.2, 0) is 9.53 Å². The monoisotopic (exact) mass is 406 g/mol. The fourth-order valence-corrected chi connectivity index (χ4v) is 2.74. The summed E-state index contributed by atoms with van der Waals surface area (Å²) in [6.07, 6.45) is -0.897. The van der Waals surface area contributed by atoms with Crippen LogP contribution in [0.25, 0.3) is 0 Å². The molecule has 132 valence electrons. The molecule has 0 saturated carbocycles. The molecule has 0 spiro atoms. The molecule has 0 aliphatic carbocycles. The maximum absolute atomic E-state index is 12.3. The van der Waals surface area contributed by atoms with E-state index >= 15 is 0 Å². The van der Waals surface area contributed by atoms with Crippen molar-refractivity contribution in [1.29, 1.82) is 0 Å². The lowest BCUT2D eigenvalue weighted by Crippen LogP contribution is -2.27. The number of hydrogen-bond donors (Lipinski definition) is 0. The van der Waals surface area contributed by atoms with Crippen LogP contribution in [0.2, 0.25) is 0 Å². The molecular weight excluding hydrogens is 388 g/mol. The Morgan fingerprint density at radius 2 is 1.80 bits per heavy atom. The van der Waals surface area contributed by atoms with Crippen molar-refractivity contribution in [2.24, 2.45) is 0 Å². The predicted octanol–water partition coefficient (Wildman–Crippen LogP) is 3.96. The van der Waals surface area contributed by atoms with Gasteiger partial charge < -0.3 is 14.2 Å². The summed E-state index contributed by atoms with van der Waals surface area (Å²) in [5.41, 5.74) is 1.52. The average Bonchev–Trinajstić information content (AvgIpc) is 2.60. The van der Waals surface area contributed by atoms with Crippen molar-refractivity contribution in [3.63, 3.8) is 0 Å². The van der Waals surface area contributed by atoms with Crippen LogP contribution in [-0.4, -0.2) is 31.6 Å². The average molecular weight is 407 g/mol. The fraction of sp³-hybridized carbons (Fsp3) is 0.263. The highest BCUT2D eigenvalue weighted by Crippen LogP contribution is 2.25. The molecule has 0 aromatic heterocycles. The number of esters is 1. The SMILES string of the molecule is COc1ccc(C(=O)[C@@H](C)OC(=O)COc2ccc(C)cc2Br)cc1. The third-order valence-corrected chi connectivity index (χ3v) is 4.10. The van der Waals surface area contributed by atoms with Crippen molar-refractivity contribution in [3.8, 4) is 11.5 Å². The van der Waals surface area contributed by atoms with Crippen LogP contribution in [0, 0.1) is 6.92 Å². The Morgan fingerprint density at radius 3 is 2.40 bits per heavy atom. The van der Waals surface area contributed by atoms with E-state index in [0.29, 0.717) is 17.1 Å². The quantitative estimate of drug-likeness (QED) is 0.514. The molecule has 5 nitrogen and oxygen atoms in total. The predicted molar refractivity (Wildman–Crippen MR) is 97.3 cm³/mol. The van der Waals surface area contributed by atoms with Crippen LogP contribution in [0.3, 0.4) is 0 Å². The van der Waals surface area contributed by atoms with Crippen molar-refractivity contribution in [2.75, 3.05) is 13.7 Å². The van der Waals surface area contributed by atoms with Crippen LogP contribution >= 0.6 is 15.9 Å². The lowest BCUT2D eigenvalue weighted by atomic mass is 10.1. The molecule has 0 fully saturated rings. The first-order chi connectivity index (χ1) is 11.9. The number of benzene rings is 2. The van der Waals surface area contributed by atoms with E-state index in [2.05, 4.69) is 15.9 Å². The molecule has 0 saturated heterocycles. The molecule has 2 rings (SSSR count). The van der Waals surface area contributed by atoms with Gasteiger partial charge in [0.05, 0.1) is 11.6 Å². The van der Waals surface area contributed by atoms with E-state index in [1.54, 1.807) is 37.4 Å². The number of carbonyl (C=O) groups is 2. The number of Topliss-reactive ketones (excluding diaryl/α,β-unsaturated/α-hetero) is 1. The molecule has 0 radical (unpaired) electrons. The summed E-state index contributed by atoms with van der Waals surface area (Å²) < 4.78 is 16.4. The van der Waals surface area contributed by atoms with E-state index < -0.39 is 12.1 Å². The number of ketones is 1. The highest BCUT2D eigenvalue weighted by Gasteiger charge is 2.20. The molecule has 0 amide bonds. The van der Waals surface area contributed by atoms with E-state index in [4.69, 9.17) is 14.2 Å². The van der Waals surface area contributed by atoms with Crippen molar-refractivity contribution >= 4 is 27.7 Å². The summed E-state index contributed by atoms with van der Waals surface area (Å²) in [7, 11) is 1.55. The van der Waals surface area contributed by atoms with Gasteiger partial charge >= 0.3 is 5.97 Å². The molecule has 0 aliphatic heterocycles. The summed E-state index contributed by atoms with van der Waals surface area (Å²) in [6, 6.07) is 12.1. The zero-order valence-electron chi connectivity index (χ0n) is 14.2. The van der Waals surface area contributed by atoms with E-state index in [1.807, 2.05) is 19.1 Å². The van der Waals surface area contributed by atoms with Gasteiger partial charge in [-0.05, 0) is 71.7 Å². The number of hydrogen-bond acceptors (Lipinski definition) is 5. The molecule has 0 aliphatic rings. The van der Waals surface area contributed by atoms with Gasteiger partial charge in [0, 0.05) is 5.56 Å². The van der Waals surface area contributed by atoms with Gasteiger partial charge in [-0.1, -0.05) is 6.07 Å². The molecule has 2 aromatic rings. The zero-order valence-corrected chi connectivity index (χ0v) is 15.8. The van der Waals surface area contributed by atoms with Crippen LogP contribution < -0.4 is 9.47 Å². The second-order valence-electron chi connectivity index (χ2n) is 5.45. The van der Waals surface area contributed by atoms with Gasteiger partial charge in [-0.3, -0.25) is 4.79 Å². The van der Waals surface area contributed by atoms with Gasteiger partial charge in [0.2, 0.25) is 5.78 Å². The van der Waals surface area contributed by atoms with Crippen LogP contribution in [0.1, 0.15) is 22.8 Å². The Balaban J connectivity index is 1.89. The van der Waals surface area contributed by atoms with Gasteiger partial charge in [0.15, 0.2) is 12.7 Å². The summed E-state index contributed by atoms with van der Waals surface area (Å²) in [4.78, 5) is 24.2. The molecule has 6 heteroatoms. The van der Waals surface area contributed by atoms with E-state index in [-0.39, 0.29) is 12.4 Å². The minimum Gasteiger partial charge on any atom is -0.497 e. The molecule has 25 heavy (non-hydrogen) atoms. The van der Waals surface area contributed by atoms with Crippen LogP contribution in [0.4, 0.5) is 0 Å². The maximum Gasteiger partial charge on any atom is 0.344 e. The highest BCUT2D eigenvalue weighted by molar-refractivity contribution is 9.10. The number of ether oxygens (including phenoxy) is 3. The largest absolute Gasteiger partial charge is 0.497 e. The van der Waals surface area contributed by atoms with E-state index in [9.17, 15) is 9.59 Å². The van der Waals surface area contributed by atoms with Crippen molar-refractivity contribution < 1.29 is 23.8 Å². The molecule has 0 N–H and O–H groups in total. The van der Waals surface area contributed by atoms with Crippen molar-refractivity contribution in [1.82, 2.24) is 0 Å². The van der Waals surface area contributed by atoms with Gasteiger partial charge in [-0.25, -0.2) is 4.79 Å². The molecule has 0 bridgehead atoms. The number of carbonyl (C=O) groups excluding carboxylic acids is 2. The Bertz CT molecular complexity index is 755. The molecule has 0 heterocycles. The molecule has 1 atom stereocenters. The van der Waals surface area contributed by atoms with Gasteiger partial charge in [-0.15, -0.1) is 0 Å². The number of rotatable bonds is 7. The fourth-order valence-electron chi connectivity index (χ4n) is 2.13. The standard InChI is InChI=1S/C19H19BrO5/c1-12-4-9-17(16(20)10-12)24-11-18(21)25-13(2)19(22)14-5-7-15(23-3)8-6-14/h4-10,13H,11H2,1-3H3/t13-/m1/s1. The molecule has 0 unspecified atom stereocenters. The van der Waals surface area contributed by atoms with Gasteiger partial charge in [0.25, 0.3) is 0 Å². The van der Waals surface area contributed by atoms with Gasteiger partial charge in [0.1, 0.15) is 11.5 Å². The second-order valence-corrected chi connectivity index (χ2v) is 6.30. The van der Waals surface area contributed by atoms with Crippen molar-refractivity contribution in [2.45, 2.75) is 20.0 Å². The first-order valence-electron chi connectivity index (χ1n) is 7.67. The number of aryl methyl sites for hydroxylation is 1. The minimum absolute atomic E-state index is 0.276. The highest BCUT2D eigenvalue weighted by atomic mass is 79.9. The van der Waals surface area contributed by atoms with E-state index in [1.165, 1.54) is 6.92 Å². The van der Waals surface area contributed by atoms with Crippen LogP contribution in [0.15, 0.2) is 46.9 Å². The summed E-state index contributed by atoms with van der Waals surface area (Å²) in [5.74, 6) is 0.296. The summed E-state index contributed by atoms with van der Waals surface area (Å²) >= 11 is 3.37. The first-order valence-corrected chi connectivity index (χ1v) is 8.46. The Morgan fingerprint density at radius 1 is 1.12 bits per heavy atom. The maximum atomic E-state index is 12.3.